The third-order valence-corrected chi connectivity index (χ3v) is 4.94. The maximum atomic E-state index is 12.2. The first-order valence-corrected chi connectivity index (χ1v) is 9.45. The number of nitrogens with zero attached hydrogens (tertiary/aromatic N) is 2. The first-order valence-electron chi connectivity index (χ1n) is 9.45. The van der Waals surface area contributed by atoms with Crippen LogP contribution in [0.15, 0.2) is 53.6 Å². The highest BCUT2D eigenvalue weighted by Crippen LogP contribution is 2.32. The SMILES string of the molecule is COc1ccc(C[C@]2(C)OC(c3ccc(C(C)(C)C)cc3)=NN2C(C)=O)cc1. The van der Waals surface area contributed by atoms with Gasteiger partial charge in [-0.25, -0.2) is 0 Å². The van der Waals surface area contributed by atoms with Gasteiger partial charge in [0.25, 0.3) is 0 Å². The smallest absolute Gasteiger partial charge is 0.243 e. The van der Waals surface area contributed by atoms with E-state index in [1.807, 2.05) is 43.3 Å². The molecule has 148 valence electrons. The van der Waals surface area contributed by atoms with Crippen molar-refractivity contribution in [3.63, 3.8) is 0 Å². The van der Waals surface area contributed by atoms with Crippen LogP contribution < -0.4 is 4.74 Å². The number of carbonyl (C=O) groups is 1. The quantitative estimate of drug-likeness (QED) is 0.785. The van der Waals surface area contributed by atoms with E-state index >= 15 is 0 Å². The summed E-state index contributed by atoms with van der Waals surface area (Å²) in [7, 11) is 1.64. The molecule has 28 heavy (non-hydrogen) atoms. The number of carbonyl (C=O) groups excluding carboxylic acids is 1. The molecule has 0 radical (unpaired) electrons. The van der Waals surface area contributed by atoms with E-state index in [1.165, 1.54) is 17.5 Å². The van der Waals surface area contributed by atoms with Gasteiger partial charge in [0.2, 0.25) is 17.5 Å². The number of hydrogen-bond acceptors (Lipinski definition) is 4. The van der Waals surface area contributed by atoms with E-state index in [0.29, 0.717) is 12.3 Å². The fourth-order valence-electron chi connectivity index (χ4n) is 3.33. The van der Waals surface area contributed by atoms with E-state index in [4.69, 9.17) is 9.47 Å². The Labute approximate surface area is 167 Å². The second-order valence-corrected chi connectivity index (χ2v) is 8.37. The van der Waals surface area contributed by atoms with Gasteiger partial charge in [-0.3, -0.25) is 4.79 Å². The normalized spacial score (nSPS) is 19.2. The van der Waals surface area contributed by atoms with Crippen LogP contribution in [0.5, 0.6) is 5.75 Å². The van der Waals surface area contributed by atoms with Crippen LogP contribution >= 0.6 is 0 Å². The van der Waals surface area contributed by atoms with Crippen molar-refractivity contribution in [3.8, 4) is 5.75 Å². The lowest BCUT2D eigenvalue weighted by molar-refractivity contribution is -0.144. The number of hydrogen-bond donors (Lipinski definition) is 0. The van der Waals surface area contributed by atoms with Crippen LogP contribution in [0.3, 0.4) is 0 Å². The lowest BCUT2D eigenvalue weighted by atomic mass is 9.87. The van der Waals surface area contributed by atoms with Gasteiger partial charge in [-0.1, -0.05) is 45.0 Å². The van der Waals surface area contributed by atoms with Crippen molar-refractivity contribution in [3.05, 3.63) is 65.2 Å². The van der Waals surface area contributed by atoms with E-state index in [9.17, 15) is 4.79 Å². The maximum Gasteiger partial charge on any atom is 0.243 e. The molecule has 1 amide bonds. The van der Waals surface area contributed by atoms with Crippen molar-refractivity contribution in [2.24, 2.45) is 5.10 Å². The molecule has 3 rings (SSSR count). The van der Waals surface area contributed by atoms with E-state index in [1.54, 1.807) is 7.11 Å². The molecular formula is C23H28N2O3. The molecule has 5 heteroatoms. The molecule has 0 N–H and O–H groups in total. The van der Waals surface area contributed by atoms with E-state index in [2.05, 4.69) is 38.0 Å². The van der Waals surface area contributed by atoms with Crippen LogP contribution in [0.25, 0.3) is 0 Å². The Morgan fingerprint density at radius 2 is 1.71 bits per heavy atom. The molecule has 0 saturated heterocycles. The van der Waals surface area contributed by atoms with Gasteiger partial charge in [0.05, 0.1) is 7.11 Å². The molecule has 0 aliphatic carbocycles. The highest BCUT2D eigenvalue weighted by Gasteiger charge is 2.43. The van der Waals surface area contributed by atoms with E-state index in [-0.39, 0.29) is 11.3 Å². The van der Waals surface area contributed by atoms with Gasteiger partial charge >= 0.3 is 0 Å². The van der Waals surface area contributed by atoms with Gasteiger partial charge in [0.1, 0.15) is 5.75 Å². The summed E-state index contributed by atoms with van der Waals surface area (Å²) in [4.78, 5) is 12.2. The van der Waals surface area contributed by atoms with Gasteiger partial charge < -0.3 is 9.47 Å². The third-order valence-electron chi connectivity index (χ3n) is 4.94. The van der Waals surface area contributed by atoms with Crippen LogP contribution in [-0.4, -0.2) is 29.6 Å². The largest absolute Gasteiger partial charge is 0.497 e. The molecule has 0 fully saturated rings. The van der Waals surface area contributed by atoms with Gasteiger partial charge in [0, 0.05) is 18.9 Å². The van der Waals surface area contributed by atoms with Crippen molar-refractivity contribution in [1.82, 2.24) is 5.01 Å². The second kappa shape index (κ2) is 7.30. The van der Waals surface area contributed by atoms with Crippen molar-refractivity contribution in [1.29, 1.82) is 0 Å². The van der Waals surface area contributed by atoms with Crippen molar-refractivity contribution < 1.29 is 14.3 Å². The number of hydrazone groups is 1. The molecule has 5 nitrogen and oxygen atoms in total. The lowest BCUT2D eigenvalue weighted by Crippen LogP contribution is -2.45. The van der Waals surface area contributed by atoms with Crippen molar-refractivity contribution in [2.75, 3.05) is 7.11 Å². The number of benzene rings is 2. The predicted octanol–water partition coefficient (Wildman–Crippen LogP) is 4.49. The zero-order valence-electron chi connectivity index (χ0n) is 17.4. The maximum absolute atomic E-state index is 12.2. The average molecular weight is 380 g/mol. The standard InChI is InChI=1S/C23H28N2O3/c1-16(26)25-23(5,15-17-7-13-20(27-6)14-8-17)28-21(24-25)18-9-11-19(12-10-18)22(2,3)4/h7-14H,15H2,1-6H3/t23-/m0/s1. The summed E-state index contributed by atoms with van der Waals surface area (Å²) in [5.74, 6) is 1.10. The zero-order valence-corrected chi connectivity index (χ0v) is 17.4. The van der Waals surface area contributed by atoms with Gasteiger partial charge in [-0.2, -0.15) is 5.01 Å². The van der Waals surface area contributed by atoms with Gasteiger partial charge in [0.15, 0.2) is 0 Å². The fourth-order valence-corrected chi connectivity index (χ4v) is 3.33. The second-order valence-electron chi connectivity index (χ2n) is 8.37. The molecule has 0 aromatic heterocycles. The average Bonchev–Trinajstić information content (AvgIpc) is 2.99. The topological polar surface area (TPSA) is 51.1 Å². The number of methoxy groups -OCH3 is 1. The van der Waals surface area contributed by atoms with Gasteiger partial charge in [-0.15, -0.1) is 5.10 Å². The first kappa shape index (κ1) is 19.9. The highest BCUT2D eigenvalue weighted by molar-refractivity contribution is 5.96. The van der Waals surface area contributed by atoms with Crippen molar-refractivity contribution in [2.45, 2.75) is 52.2 Å². The Balaban J connectivity index is 1.85. The van der Waals surface area contributed by atoms with Crippen LogP contribution in [0.1, 0.15) is 51.3 Å². The molecule has 2 aromatic rings. The third kappa shape index (κ3) is 4.03. The number of amides is 1. The minimum absolute atomic E-state index is 0.0746. The molecule has 0 bridgehead atoms. The Morgan fingerprint density at radius 3 is 2.21 bits per heavy atom. The molecule has 2 aromatic carbocycles. The molecular weight excluding hydrogens is 352 g/mol. The van der Waals surface area contributed by atoms with Crippen molar-refractivity contribution >= 4 is 11.8 Å². The number of ether oxygens (including phenoxy) is 2. The summed E-state index contributed by atoms with van der Waals surface area (Å²) >= 11 is 0. The Bertz CT molecular complexity index is 880. The van der Waals surface area contributed by atoms with Crippen LogP contribution in [0.2, 0.25) is 0 Å². The molecule has 1 heterocycles. The predicted molar refractivity (Wildman–Crippen MR) is 110 cm³/mol. The zero-order chi connectivity index (χ0) is 20.5. The van der Waals surface area contributed by atoms with Crippen LogP contribution in [-0.2, 0) is 21.4 Å². The van der Waals surface area contributed by atoms with Crippen LogP contribution in [0.4, 0.5) is 0 Å². The Morgan fingerprint density at radius 1 is 1.11 bits per heavy atom. The Hall–Kier alpha value is -2.82. The molecule has 0 spiro atoms. The minimum atomic E-state index is -0.877. The molecule has 1 aliphatic heterocycles. The Kier molecular flexibility index (Phi) is 5.20. The van der Waals surface area contributed by atoms with E-state index < -0.39 is 5.72 Å². The summed E-state index contributed by atoms with van der Waals surface area (Å²) in [6.07, 6.45) is 0.518. The molecule has 1 aliphatic rings. The summed E-state index contributed by atoms with van der Waals surface area (Å²) < 4.78 is 11.4. The molecule has 0 unspecified atom stereocenters. The fraction of sp³-hybridized carbons (Fsp3) is 0.391. The monoisotopic (exact) mass is 380 g/mol. The summed E-state index contributed by atoms with van der Waals surface area (Å²) in [6, 6.07) is 15.9. The summed E-state index contributed by atoms with van der Waals surface area (Å²) in [6.45, 7) is 9.92. The van der Waals surface area contributed by atoms with Gasteiger partial charge in [-0.05, 0) is 47.7 Å². The first-order chi connectivity index (χ1) is 13.1. The molecule has 1 atom stereocenters. The summed E-state index contributed by atoms with van der Waals surface area (Å²) in [5.41, 5.74) is 2.33. The van der Waals surface area contributed by atoms with Crippen LogP contribution in [0, 0.1) is 0 Å². The minimum Gasteiger partial charge on any atom is -0.497 e. The van der Waals surface area contributed by atoms with E-state index in [0.717, 1.165) is 16.9 Å². The molecule has 0 saturated carbocycles. The highest BCUT2D eigenvalue weighted by atomic mass is 16.6. The number of rotatable bonds is 4. The summed E-state index contributed by atoms with van der Waals surface area (Å²) in [5, 5.41) is 5.92. The lowest BCUT2D eigenvalue weighted by Gasteiger charge is -2.30.